The molecule has 2 N–H and O–H groups in total. The van der Waals surface area contributed by atoms with Gasteiger partial charge in [-0.1, -0.05) is 31.5 Å². The average Bonchev–Trinajstić information content (AvgIpc) is 2.54. The molecule has 0 unspecified atom stereocenters. The van der Waals surface area contributed by atoms with E-state index >= 15 is 0 Å². The molecule has 0 aliphatic carbocycles. The molecule has 0 saturated carbocycles. The largest absolute Gasteiger partial charge is 0.363 e. The van der Waals surface area contributed by atoms with Crippen LogP contribution in [0.1, 0.15) is 49.0 Å². The van der Waals surface area contributed by atoms with Gasteiger partial charge < -0.3 is 10.2 Å². The number of hydroxylamine groups is 1. The number of carbonyl (C=O) groups excluding carboxylic acids is 2. The van der Waals surface area contributed by atoms with Gasteiger partial charge in [0.15, 0.2) is 0 Å². The van der Waals surface area contributed by atoms with E-state index in [9.17, 15) is 9.59 Å². The lowest BCUT2D eigenvalue weighted by Crippen LogP contribution is -2.24. The highest BCUT2D eigenvalue weighted by atomic mass is 16.7. The van der Waals surface area contributed by atoms with Crippen molar-refractivity contribution in [1.82, 2.24) is 10.8 Å². The van der Waals surface area contributed by atoms with Crippen molar-refractivity contribution < 1.29 is 14.4 Å². The number of benzene rings is 1. The number of aryl methyl sites for hydroxylation is 1. The van der Waals surface area contributed by atoms with E-state index in [1.807, 2.05) is 24.5 Å². The number of hydrogen-bond acceptors (Lipinski definition) is 4. The quantitative estimate of drug-likeness (QED) is 0.820. The van der Waals surface area contributed by atoms with Crippen LogP contribution < -0.4 is 10.8 Å². The highest BCUT2D eigenvalue weighted by Crippen LogP contribution is 2.10. The number of hydrogen-bond donors (Lipinski definition) is 2. The molecule has 1 amide bonds. The third kappa shape index (κ3) is 6.90. The summed E-state index contributed by atoms with van der Waals surface area (Å²) >= 11 is 0. The van der Waals surface area contributed by atoms with Gasteiger partial charge >= 0.3 is 5.97 Å². The van der Waals surface area contributed by atoms with Crippen LogP contribution in [0.2, 0.25) is 0 Å². The first-order chi connectivity index (χ1) is 10.1. The van der Waals surface area contributed by atoms with Crippen molar-refractivity contribution in [2.24, 2.45) is 0 Å². The van der Waals surface area contributed by atoms with E-state index in [-0.39, 0.29) is 0 Å². The molecule has 1 fully saturated rings. The van der Waals surface area contributed by atoms with Gasteiger partial charge in [-0.3, -0.25) is 4.79 Å². The van der Waals surface area contributed by atoms with Crippen molar-refractivity contribution in [3.8, 4) is 0 Å². The fraction of sp³-hybridized carbons (Fsp3) is 0.500. The van der Waals surface area contributed by atoms with Crippen LogP contribution in [0.25, 0.3) is 0 Å². The van der Waals surface area contributed by atoms with E-state index in [0.717, 1.165) is 12.0 Å². The van der Waals surface area contributed by atoms with Crippen LogP contribution in [-0.2, 0) is 16.1 Å². The minimum atomic E-state index is -0.539. The van der Waals surface area contributed by atoms with E-state index in [1.165, 1.54) is 39.3 Å². The minimum absolute atomic E-state index is 0.405. The Morgan fingerprint density at radius 1 is 1.19 bits per heavy atom. The minimum Gasteiger partial charge on any atom is -0.335 e. The maximum absolute atomic E-state index is 11.5. The standard InChI is InChI=1S/C11H13NO3.C5H11N/c1-3-9-6-4-5-7-10(9)11(14)15-12-8(2)13;1-2-4-6-5-3-1/h4-7H,3H2,1-2H3,(H,12,13);6H,1-5H2. The molecule has 1 aliphatic heterocycles. The van der Waals surface area contributed by atoms with Crippen LogP contribution in [0.3, 0.4) is 0 Å². The highest BCUT2D eigenvalue weighted by Gasteiger charge is 2.11. The summed E-state index contributed by atoms with van der Waals surface area (Å²) in [6, 6.07) is 7.13. The van der Waals surface area contributed by atoms with Crippen LogP contribution in [0.5, 0.6) is 0 Å². The zero-order chi connectivity index (χ0) is 15.5. The van der Waals surface area contributed by atoms with Crippen LogP contribution in [0.15, 0.2) is 24.3 Å². The SMILES string of the molecule is C1CCNCC1.CCc1ccccc1C(=O)ONC(C)=O. The Bertz CT molecular complexity index is 445. The maximum atomic E-state index is 11.5. The molecule has 21 heavy (non-hydrogen) atoms. The lowest BCUT2D eigenvalue weighted by atomic mass is 10.1. The van der Waals surface area contributed by atoms with Gasteiger partial charge in [0.1, 0.15) is 0 Å². The second kappa shape index (κ2) is 9.94. The lowest BCUT2D eigenvalue weighted by molar-refractivity contribution is -0.127. The second-order valence-corrected chi connectivity index (χ2v) is 4.87. The molecule has 2 rings (SSSR count). The number of carbonyl (C=O) groups is 2. The first kappa shape index (κ1) is 17.2. The Morgan fingerprint density at radius 2 is 1.86 bits per heavy atom. The molecule has 5 nitrogen and oxygen atoms in total. The molecule has 0 atom stereocenters. The van der Waals surface area contributed by atoms with Gasteiger partial charge in [-0.25, -0.2) is 4.79 Å². The first-order valence-electron chi connectivity index (χ1n) is 7.41. The van der Waals surface area contributed by atoms with Crippen LogP contribution >= 0.6 is 0 Å². The van der Waals surface area contributed by atoms with Gasteiger partial charge in [0, 0.05) is 6.92 Å². The second-order valence-electron chi connectivity index (χ2n) is 4.87. The van der Waals surface area contributed by atoms with Gasteiger partial charge in [-0.2, -0.15) is 5.48 Å². The Balaban J connectivity index is 0.000000304. The molecule has 1 aromatic carbocycles. The first-order valence-corrected chi connectivity index (χ1v) is 7.41. The zero-order valence-electron chi connectivity index (χ0n) is 12.8. The van der Waals surface area contributed by atoms with Crippen LogP contribution in [0, 0.1) is 0 Å². The fourth-order valence-corrected chi connectivity index (χ4v) is 2.00. The summed E-state index contributed by atoms with van der Waals surface area (Å²) in [6.45, 7) is 5.73. The summed E-state index contributed by atoms with van der Waals surface area (Å²) < 4.78 is 0. The molecule has 1 aromatic rings. The molecule has 116 valence electrons. The zero-order valence-corrected chi connectivity index (χ0v) is 12.8. The molecular weight excluding hydrogens is 268 g/mol. The Hall–Kier alpha value is -1.88. The summed E-state index contributed by atoms with van der Waals surface area (Å²) in [5.41, 5.74) is 3.38. The maximum Gasteiger partial charge on any atom is 0.363 e. The van der Waals surface area contributed by atoms with E-state index in [2.05, 4.69) is 10.2 Å². The van der Waals surface area contributed by atoms with Crippen molar-refractivity contribution >= 4 is 11.9 Å². The van der Waals surface area contributed by atoms with Crippen molar-refractivity contribution in [3.63, 3.8) is 0 Å². The number of amides is 1. The van der Waals surface area contributed by atoms with Gasteiger partial charge in [0.2, 0.25) is 5.91 Å². The monoisotopic (exact) mass is 292 g/mol. The number of piperidine rings is 1. The smallest absolute Gasteiger partial charge is 0.335 e. The molecule has 0 spiro atoms. The Kier molecular flexibility index (Phi) is 8.12. The van der Waals surface area contributed by atoms with E-state index in [0.29, 0.717) is 5.56 Å². The molecule has 0 bridgehead atoms. The van der Waals surface area contributed by atoms with Crippen molar-refractivity contribution in [1.29, 1.82) is 0 Å². The van der Waals surface area contributed by atoms with E-state index in [4.69, 9.17) is 0 Å². The van der Waals surface area contributed by atoms with Crippen molar-refractivity contribution in [3.05, 3.63) is 35.4 Å². The molecular formula is C16H24N2O3. The third-order valence-electron chi connectivity index (χ3n) is 3.11. The summed E-state index contributed by atoms with van der Waals surface area (Å²) in [6.07, 6.45) is 4.96. The van der Waals surface area contributed by atoms with Gasteiger partial charge in [0.05, 0.1) is 5.56 Å². The Labute approximate surface area is 126 Å². The Morgan fingerprint density at radius 3 is 2.33 bits per heavy atom. The predicted octanol–water partition coefficient (Wildman–Crippen LogP) is 2.22. The number of nitrogens with one attached hydrogen (secondary N) is 2. The van der Waals surface area contributed by atoms with Gasteiger partial charge in [-0.15, -0.1) is 0 Å². The van der Waals surface area contributed by atoms with Gasteiger partial charge in [0.25, 0.3) is 0 Å². The van der Waals surface area contributed by atoms with E-state index < -0.39 is 11.9 Å². The fourth-order valence-electron chi connectivity index (χ4n) is 2.00. The summed E-state index contributed by atoms with van der Waals surface area (Å²) in [7, 11) is 0. The van der Waals surface area contributed by atoms with Crippen molar-refractivity contribution in [2.45, 2.75) is 39.5 Å². The van der Waals surface area contributed by atoms with Crippen molar-refractivity contribution in [2.75, 3.05) is 13.1 Å². The van der Waals surface area contributed by atoms with Gasteiger partial charge in [-0.05, 0) is 44.0 Å². The normalized spacial score (nSPS) is 13.6. The third-order valence-corrected chi connectivity index (χ3v) is 3.11. The summed E-state index contributed by atoms with van der Waals surface area (Å²) in [4.78, 5) is 26.6. The number of rotatable bonds is 2. The molecule has 1 heterocycles. The summed E-state index contributed by atoms with van der Waals surface area (Å²) in [5.74, 6) is -0.944. The molecule has 1 aliphatic rings. The summed E-state index contributed by atoms with van der Waals surface area (Å²) in [5, 5.41) is 3.28. The van der Waals surface area contributed by atoms with Crippen LogP contribution in [0.4, 0.5) is 0 Å². The highest BCUT2D eigenvalue weighted by molar-refractivity contribution is 5.91. The molecule has 0 radical (unpaired) electrons. The molecule has 0 aromatic heterocycles. The van der Waals surface area contributed by atoms with Crippen LogP contribution in [-0.4, -0.2) is 25.0 Å². The average molecular weight is 292 g/mol. The predicted molar refractivity (Wildman–Crippen MR) is 81.8 cm³/mol. The lowest BCUT2D eigenvalue weighted by Gasteiger charge is -2.08. The van der Waals surface area contributed by atoms with E-state index in [1.54, 1.807) is 12.1 Å². The molecule has 1 saturated heterocycles. The topological polar surface area (TPSA) is 67.4 Å². The molecule has 5 heteroatoms.